The van der Waals surface area contributed by atoms with Crippen LogP contribution in [-0.4, -0.2) is 32.8 Å². The Balaban J connectivity index is 0.00000264. The van der Waals surface area contributed by atoms with E-state index in [1.807, 2.05) is 0 Å². The minimum absolute atomic E-state index is 0. The molecule has 8 heteroatoms. The second-order valence-corrected chi connectivity index (χ2v) is 4.86. The predicted molar refractivity (Wildman–Crippen MR) is 76.4 cm³/mol. The smallest absolute Gasteiger partial charge is 0.358 e. The van der Waals surface area contributed by atoms with Crippen LogP contribution in [0.4, 0.5) is 0 Å². The Kier molecular flexibility index (Phi) is 6.71. The summed E-state index contributed by atoms with van der Waals surface area (Å²) >= 11 is 0. The number of carbonyl (C=O) groups is 1. The van der Waals surface area contributed by atoms with Crippen molar-refractivity contribution in [1.29, 1.82) is 0 Å². The van der Waals surface area contributed by atoms with E-state index in [0.717, 1.165) is 5.69 Å². The summed E-state index contributed by atoms with van der Waals surface area (Å²) in [6, 6.07) is 1.41. The van der Waals surface area contributed by atoms with E-state index >= 15 is 0 Å². The molecular formula is C15H18ClN3O4. The molecule has 23 heavy (non-hydrogen) atoms. The highest BCUT2D eigenvalue weighted by atomic mass is 35.5. The van der Waals surface area contributed by atoms with Gasteiger partial charge in [0.05, 0.1) is 18.5 Å². The van der Waals surface area contributed by atoms with Gasteiger partial charge in [-0.15, -0.1) is 0 Å². The van der Waals surface area contributed by atoms with Crippen LogP contribution >= 0.6 is 0 Å². The highest BCUT2D eigenvalue weighted by Crippen LogP contribution is 2.24. The first-order valence-corrected chi connectivity index (χ1v) is 6.86. The molecule has 0 fully saturated rings. The molecule has 0 saturated carbocycles. The number of pyridine rings is 1. The fourth-order valence-corrected chi connectivity index (χ4v) is 1.89. The molecule has 0 saturated heterocycles. The number of hydrogen-bond acceptors (Lipinski definition) is 6. The molecule has 124 valence electrons. The summed E-state index contributed by atoms with van der Waals surface area (Å²) in [5.74, 6) is -0.810. The van der Waals surface area contributed by atoms with Crippen LogP contribution in [0.1, 0.15) is 28.3 Å². The van der Waals surface area contributed by atoms with Gasteiger partial charge in [-0.05, 0) is 6.92 Å². The monoisotopic (exact) mass is 339 g/mol. The number of esters is 1. The fraction of sp³-hybridized carbons (Fsp3) is 0.333. The molecule has 0 unspecified atom stereocenters. The Morgan fingerprint density at radius 3 is 2.65 bits per heavy atom. The van der Waals surface area contributed by atoms with Gasteiger partial charge >= 0.3 is 5.97 Å². The third-order valence-electron chi connectivity index (χ3n) is 3.20. The lowest BCUT2D eigenvalue weighted by atomic mass is 10.3. The van der Waals surface area contributed by atoms with E-state index in [-0.39, 0.29) is 36.2 Å². The second-order valence-electron chi connectivity index (χ2n) is 4.86. The van der Waals surface area contributed by atoms with E-state index in [2.05, 4.69) is 9.97 Å². The maximum absolute atomic E-state index is 11.7. The third kappa shape index (κ3) is 4.79. The number of aryl methyl sites for hydroxylation is 2. The molecule has 0 aliphatic rings. The zero-order valence-corrected chi connectivity index (χ0v) is 13.6. The summed E-state index contributed by atoms with van der Waals surface area (Å²) in [5.41, 5.74) is 1.46. The number of halogens is 1. The maximum atomic E-state index is 11.7. The Bertz CT molecular complexity index is 677. The first kappa shape index (κ1) is 18.6. The lowest BCUT2D eigenvalue weighted by Gasteiger charge is -2.05. The first-order valence-electron chi connectivity index (χ1n) is 6.86. The molecule has 2 rings (SSSR count). The van der Waals surface area contributed by atoms with Gasteiger partial charge < -0.3 is 27.4 Å². The molecule has 7 nitrogen and oxygen atoms in total. The lowest BCUT2D eigenvalue weighted by molar-refractivity contribution is -0.703. The Morgan fingerprint density at radius 1 is 1.26 bits per heavy atom. The number of ether oxygens (including phenoxy) is 1. The highest BCUT2D eigenvalue weighted by Gasteiger charge is 2.15. The summed E-state index contributed by atoms with van der Waals surface area (Å²) in [7, 11) is 0. The molecular weight excluding hydrogens is 322 g/mol. The molecule has 0 amide bonds. The molecule has 0 radical (unpaired) electrons. The summed E-state index contributed by atoms with van der Waals surface area (Å²) in [4.78, 5) is 19.7. The summed E-state index contributed by atoms with van der Waals surface area (Å²) in [6.07, 6.45) is 5.13. The van der Waals surface area contributed by atoms with Gasteiger partial charge in [0.25, 0.3) is 0 Å². The van der Waals surface area contributed by atoms with Crippen LogP contribution in [0, 0.1) is 13.8 Å². The SMILES string of the molecule is Cc1cnc(C(=O)OCCC[n+]2ccc(O)c(O)c2C)cn1.[Cl-]. The van der Waals surface area contributed by atoms with Gasteiger partial charge in [-0.3, -0.25) is 4.98 Å². The van der Waals surface area contributed by atoms with Crippen LogP contribution in [0.15, 0.2) is 24.7 Å². The van der Waals surface area contributed by atoms with E-state index in [9.17, 15) is 15.0 Å². The van der Waals surface area contributed by atoms with E-state index in [1.165, 1.54) is 18.5 Å². The van der Waals surface area contributed by atoms with Crippen LogP contribution in [-0.2, 0) is 11.3 Å². The molecule has 0 bridgehead atoms. The summed E-state index contributed by atoms with van der Waals surface area (Å²) < 4.78 is 6.89. The van der Waals surface area contributed by atoms with E-state index in [0.29, 0.717) is 18.7 Å². The standard InChI is InChI=1S/C15H17N3O4.ClH/c1-10-8-17-12(9-16-10)15(21)22-7-3-5-18-6-4-13(19)14(20)11(18)2;/h4,6,8-9,20H,3,5,7H2,1-2H3;1H. The van der Waals surface area contributed by atoms with Crippen molar-refractivity contribution in [1.82, 2.24) is 9.97 Å². The van der Waals surface area contributed by atoms with Gasteiger partial charge in [0.2, 0.25) is 11.4 Å². The number of aromatic nitrogens is 3. The molecule has 0 aromatic carbocycles. The van der Waals surface area contributed by atoms with Crippen molar-refractivity contribution in [3.05, 3.63) is 41.7 Å². The first-order chi connectivity index (χ1) is 10.5. The minimum Gasteiger partial charge on any atom is -1.00 e. The number of aromatic hydroxyl groups is 2. The molecule has 0 atom stereocenters. The Hall–Kier alpha value is -2.41. The van der Waals surface area contributed by atoms with E-state index in [4.69, 9.17) is 4.74 Å². The van der Waals surface area contributed by atoms with Crippen LogP contribution in [0.2, 0.25) is 0 Å². The van der Waals surface area contributed by atoms with Gasteiger partial charge in [-0.1, -0.05) is 0 Å². The van der Waals surface area contributed by atoms with Crippen molar-refractivity contribution >= 4 is 5.97 Å². The summed E-state index contributed by atoms with van der Waals surface area (Å²) in [6.45, 7) is 4.26. The minimum atomic E-state index is -0.511. The average molecular weight is 340 g/mol. The Morgan fingerprint density at radius 2 is 2.00 bits per heavy atom. The van der Waals surface area contributed by atoms with Gasteiger partial charge in [0, 0.05) is 25.6 Å². The van der Waals surface area contributed by atoms with Gasteiger partial charge in [-0.2, -0.15) is 4.57 Å². The van der Waals surface area contributed by atoms with Gasteiger partial charge in [0.15, 0.2) is 24.2 Å². The van der Waals surface area contributed by atoms with E-state index < -0.39 is 5.97 Å². The normalized spacial score (nSPS) is 10.0. The topological polar surface area (TPSA) is 96.4 Å². The quantitative estimate of drug-likeness (QED) is 0.373. The number of hydrogen-bond donors (Lipinski definition) is 2. The van der Waals surface area contributed by atoms with E-state index in [1.54, 1.807) is 24.6 Å². The van der Waals surface area contributed by atoms with Gasteiger partial charge in [0.1, 0.15) is 0 Å². The molecule has 0 spiro atoms. The van der Waals surface area contributed by atoms with Crippen LogP contribution < -0.4 is 17.0 Å². The van der Waals surface area contributed by atoms with Crippen molar-refractivity contribution < 1.29 is 36.7 Å². The Labute approximate surface area is 140 Å². The number of carbonyl (C=O) groups excluding carboxylic acids is 1. The molecule has 2 aromatic heterocycles. The molecule has 0 aliphatic carbocycles. The molecule has 2 N–H and O–H groups in total. The molecule has 0 aliphatic heterocycles. The highest BCUT2D eigenvalue weighted by molar-refractivity contribution is 5.86. The summed E-state index contributed by atoms with van der Waals surface area (Å²) in [5, 5.41) is 19.0. The van der Waals surface area contributed by atoms with Crippen LogP contribution in [0.5, 0.6) is 11.5 Å². The lowest BCUT2D eigenvalue weighted by Crippen LogP contribution is -3.00. The fourth-order valence-electron chi connectivity index (χ4n) is 1.89. The van der Waals surface area contributed by atoms with Crippen LogP contribution in [0.25, 0.3) is 0 Å². The maximum Gasteiger partial charge on any atom is 0.358 e. The molecule has 2 heterocycles. The molecule has 2 aromatic rings. The zero-order chi connectivity index (χ0) is 16.1. The number of nitrogens with zero attached hydrogens (tertiary/aromatic N) is 3. The van der Waals surface area contributed by atoms with Crippen molar-refractivity contribution in [2.75, 3.05) is 6.61 Å². The van der Waals surface area contributed by atoms with Crippen LogP contribution in [0.3, 0.4) is 0 Å². The predicted octanol–water partition coefficient (Wildman–Crippen LogP) is -1.96. The van der Waals surface area contributed by atoms with Crippen molar-refractivity contribution in [3.8, 4) is 11.5 Å². The second kappa shape index (κ2) is 8.28. The zero-order valence-electron chi connectivity index (χ0n) is 12.9. The third-order valence-corrected chi connectivity index (χ3v) is 3.20. The van der Waals surface area contributed by atoms with Crippen molar-refractivity contribution in [3.63, 3.8) is 0 Å². The number of rotatable bonds is 5. The van der Waals surface area contributed by atoms with Crippen molar-refractivity contribution in [2.45, 2.75) is 26.8 Å². The van der Waals surface area contributed by atoms with Crippen molar-refractivity contribution in [2.24, 2.45) is 0 Å². The van der Waals surface area contributed by atoms with Gasteiger partial charge in [-0.25, -0.2) is 9.78 Å². The largest absolute Gasteiger partial charge is 1.00 e. The average Bonchev–Trinajstić information content (AvgIpc) is 2.51.